The van der Waals surface area contributed by atoms with Crippen LogP contribution in [0.3, 0.4) is 0 Å². The number of carbonyl (C=O) groups excluding carboxylic acids is 1. The van der Waals surface area contributed by atoms with Crippen LogP contribution in [0, 0.1) is 0 Å². The van der Waals surface area contributed by atoms with E-state index in [9.17, 15) is 4.79 Å². The summed E-state index contributed by atoms with van der Waals surface area (Å²) in [6, 6.07) is 8.32. The Balaban J connectivity index is 1.89. The molecule has 0 spiro atoms. The minimum atomic E-state index is -0.199. The molecule has 0 bridgehead atoms. The Bertz CT molecular complexity index is 427. The second-order valence-corrected chi connectivity index (χ2v) is 4.97. The number of hydrogen-bond donors (Lipinski definition) is 1. The molecule has 1 aliphatic rings. The van der Waals surface area contributed by atoms with Crippen molar-refractivity contribution in [1.82, 2.24) is 0 Å². The molecule has 2 rings (SSSR count). The Morgan fingerprint density at radius 3 is 2.60 bits per heavy atom. The molecular weight excluding hydrogens is 256 g/mol. The van der Waals surface area contributed by atoms with Gasteiger partial charge in [0, 0.05) is 30.5 Å². The van der Waals surface area contributed by atoms with Crippen LogP contribution in [0.25, 0.3) is 0 Å². The number of nitrogens with one attached hydrogen (secondary N) is 1. The standard InChI is InChI=1S/C15H22N2O3/c1-12(11-15(18)19-2)16-13-3-5-14(6-4-13)17-7-9-20-10-8-17/h3-6,12,16H,7-11H2,1-2H3. The molecule has 0 radical (unpaired) electrons. The van der Waals surface area contributed by atoms with Crippen molar-refractivity contribution in [3.05, 3.63) is 24.3 Å². The smallest absolute Gasteiger partial charge is 0.307 e. The second-order valence-electron chi connectivity index (χ2n) is 4.97. The van der Waals surface area contributed by atoms with Crippen LogP contribution >= 0.6 is 0 Å². The van der Waals surface area contributed by atoms with Gasteiger partial charge < -0.3 is 19.7 Å². The van der Waals surface area contributed by atoms with E-state index in [1.165, 1.54) is 12.8 Å². The highest BCUT2D eigenvalue weighted by molar-refractivity contribution is 5.70. The van der Waals surface area contributed by atoms with Gasteiger partial charge in [0.25, 0.3) is 0 Å². The van der Waals surface area contributed by atoms with E-state index in [1.54, 1.807) is 0 Å². The molecule has 0 aliphatic carbocycles. The number of methoxy groups -OCH3 is 1. The summed E-state index contributed by atoms with van der Waals surface area (Å²) in [6.45, 7) is 5.41. The molecule has 5 nitrogen and oxygen atoms in total. The number of carbonyl (C=O) groups is 1. The predicted octanol–water partition coefficient (Wildman–Crippen LogP) is 1.89. The first-order valence-corrected chi connectivity index (χ1v) is 6.95. The fourth-order valence-electron chi connectivity index (χ4n) is 2.26. The van der Waals surface area contributed by atoms with Crippen LogP contribution in [0.4, 0.5) is 11.4 Å². The van der Waals surface area contributed by atoms with E-state index in [-0.39, 0.29) is 12.0 Å². The van der Waals surface area contributed by atoms with Crippen LogP contribution in [-0.4, -0.2) is 45.4 Å². The van der Waals surface area contributed by atoms with Crippen LogP contribution in [0.15, 0.2) is 24.3 Å². The van der Waals surface area contributed by atoms with Gasteiger partial charge in [-0.15, -0.1) is 0 Å². The number of morpholine rings is 1. The van der Waals surface area contributed by atoms with Crippen molar-refractivity contribution >= 4 is 17.3 Å². The molecule has 1 saturated heterocycles. The Morgan fingerprint density at radius 2 is 2.00 bits per heavy atom. The normalized spacial score (nSPS) is 16.6. The molecule has 0 saturated carbocycles. The highest BCUT2D eigenvalue weighted by Gasteiger charge is 2.12. The minimum absolute atomic E-state index is 0.0525. The summed E-state index contributed by atoms with van der Waals surface area (Å²) >= 11 is 0. The molecule has 1 heterocycles. The van der Waals surface area contributed by atoms with E-state index in [2.05, 4.69) is 27.1 Å². The van der Waals surface area contributed by atoms with Gasteiger partial charge in [0.2, 0.25) is 0 Å². The fraction of sp³-hybridized carbons (Fsp3) is 0.533. The Hall–Kier alpha value is -1.75. The number of nitrogens with zero attached hydrogens (tertiary/aromatic N) is 1. The van der Waals surface area contributed by atoms with Gasteiger partial charge in [-0.05, 0) is 31.2 Å². The number of benzene rings is 1. The van der Waals surface area contributed by atoms with Gasteiger partial charge in [0.05, 0.1) is 26.7 Å². The zero-order valence-electron chi connectivity index (χ0n) is 12.1. The van der Waals surface area contributed by atoms with Crippen molar-refractivity contribution in [1.29, 1.82) is 0 Å². The lowest BCUT2D eigenvalue weighted by Gasteiger charge is -2.29. The Morgan fingerprint density at radius 1 is 1.35 bits per heavy atom. The largest absolute Gasteiger partial charge is 0.469 e. The van der Waals surface area contributed by atoms with Gasteiger partial charge in [0.15, 0.2) is 0 Å². The number of rotatable bonds is 5. The van der Waals surface area contributed by atoms with Crippen molar-refractivity contribution in [3.8, 4) is 0 Å². The molecule has 1 aromatic rings. The van der Waals surface area contributed by atoms with E-state index >= 15 is 0 Å². The summed E-state index contributed by atoms with van der Waals surface area (Å²) in [7, 11) is 1.41. The lowest BCUT2D eigenvalue weighted by atomic mass is 10.2. The van der Waals surface area contributed by atoms with Crippen LogP contribution < -0.4 is 10.2 Å². The zero-order chi connectivity index (χ0) is 14.4. The summed E-state index contributed by atoms with van der Waals surface area (Å²) in [4.78, 5) is 13.5. The van der Waals surface area contributed by atoms with Gasteiger partial charge in [-0.1, -0.05) is 0 Å². The van der Waals surface area contributed by atoms with E-state index < -0.39 is 0 Å². The third-order valence-corrected chi connectivity index (χ3v) is 3.36. The molecular formula is C15H22N2O3. The molecule has 20 heavy (non-hydrogen) atoms. The van der Waals surface area contributed by atoms with Crippen molar-refractivity contribution in [2.24, 2.45) is 0 Å². The van der Waals surface area contributed by atoms with Crippen molar-refractivity contribution < 1.29 is 14.3 Å². The Labute approximate surface area is 119 Å². The molecule has 1 unspecified atom stereocenters. The molecule has 0 aromatic heterocycles. The fourth-order valence-corrected chi connectivity index (χ4v) is 2.26. The van der Waals surface area contributed by atoms with Crippen LogP contribution in [0.1, 0.15) is 13.3 Å². The maximum atomic E-state index is 11.2. The first-order chi connectivity index (χ1) is 9.69. The maximum Gasteiger partial charge on any atom is 0.307 e. The highest BCUT2D eigenvalue weighted by Crippen LogP contribution is 2.19. The molecule has 1 aromatic carbocycles. The summed E-state index contributed by atoms with van der Waals surface area (Å²) in [5.41, 5.74) is 2.22. The SMILES string of the molecule is COC(=O)CC(C)Nc1ccc(N2CCOCC2)cc1. The van der Waals surface area contributed by atoms with Crippen molar-refractivity contribution in [3.63, 3.8) is 0 Å². The van der Waals surface area contributed by atoms with Crippen LogP contribution in [-0.2, 0) is 14.3 Å². The van der Waals surface area contributed by atoms with E-state index in [0.29, 0.717) is 6.42 Å². The van der Waals surface area contributed by atoms with E-state index in [4.69, 9.17) is 4.74 Å². The molecule has 5 heteroatoms. The molecule has 1 fully saturated rings. The summed E-state index contributed by atoms with van der Waals surface area (Å²) in [5.74, 6) is -0.199. The molecule has 1 aliphatic heterocycles. The zero-order valence-corrected chi connectivity index (χ0v) is 12.1. The van der Waals surface area contributed by atoms with Gasteiger partial charge in [0.1, 0.15) is 0 Å². The summed E-state index contributed by atoms with van der Waals surface area (Å²) < 4.78 is 10.0. The Kier molecular flexibility index (Phi) is 5.24. The third-order valence-electron chi connectivity index (χ3n) is 3.36. The van der Waals surface area contributed by atoms with Crippen LogP contribution in [0.5, 0.6) is 0 Å². The average Bonchev–Trinajstić information content (AvgIpc) is 2.48. The first-order valence-electron chi connectivity index (χ1n) is 6.95. The number of anilines is 2. The number of esters is 1. The van der Waals surface area contributed by atoms with Gasteiger partial charge >= 0.3 is 5.97 Å². The highest BCUT2D eigenvalue weighted by atomic mass is 16.5. The minimum Gasteiger partial charge on any atom is -0.469 e. The quantitative estimate of drug-likeness (QED) is 0.834. The van der Waals surface area contributed by atoms with Crippen LogP contribution in [0.2, 0.25) is 0 Å². The monoisotopic (exact) mass is 278 g/mol. The number of ether oxygens (including phenoxy) is 2. The van der Waals surface area contributed by atoms with Crippen molar-refractivity contribution in [2.75, 3.05) is 43.6 Å². The van der Waals surface area contributed by atoms with E-state index in [0.717, 1.165) is 32.0 Å². The predicted molar refractivity (Wildman–Crippen MR) is 79.2 cm³/mol. The molecule has 1 atom stereocenters. The first kappa shape index (κ1) is 14.7. The lowest BCUT2D eigenvalue weighted by molar-refractivity contribution is -0.140. The average molecular weight is 278 g/mol. The maximum absolute atomic E-state index is 11.2. The van der Waals surface area contributed by atoms with Crippen molar-refractivity contribution in [2.45, 2.75) is 19.4 Å². The second kappa shape index (κ2) is 7.14. The molecule has 110 valence electrons. The van der Waals surface area contributed by atoms with Gasteiger partial charge in [-0.25, -0.2) is 0 Å². The van der Waals surface area contributed by atoms with Gasteiger partial charge in [-0.3, -0.25) is 4.79 Å². The lowest BCUT2D eigenvalue weighted by Crippen LogP contribution is -2.36. The van der Waals surface area contributed by atoms with E-state index in [1.807, 2.05) is 19.1 Å². The molecule has 0 amide bonds. The van der Waals surface area contributed by atoms with Gasteiger partial charge in [-0.2, -0.15) is 0 Å². The summed E-state index contributed by atoms with van der Waals surface area (Å²) in [6.07, 6.45) is 0.363. The summed E-state index contributed by atoms with van der Waals surface area (Å²) in [5, 5.41) is 3.29. The number of hydrogen-bond acceptors (Lipinski definition) is 5. The topological polar surface area (TPSA) is 50.8 Å². The molecule has 1 N–H and O–H groups in total. The third kappa shape index (κ3) is 4.13.